The zero-order valence-electron chi connectivity index (χ0n) is 9.82. The Hall–Kier alpha value is -1.90. The minimum atomic E-state index is -0.234. The van der Waals surface area contributed by atoms with Gasteiger partial charge in [0.05, 0.1) is 6.42 Å². The molecule has 3 nitrogen and oxygen atoms in total. The van der Waals surface area contributed by atoms with Crippen molar-refractivity contribution in [3.8, 4) is 0 Å². The van der Waals surface area contributed by atoms with Crippen LogP contribution >= 0.6 is 0 Å². The van der Waals surface area contributed by atoms with Crippen molar-refractivity contribution < 1.29 is 9.59 Å². The van der Waals surface area contributed by atoms with Gasteiger partial charge in [0, 0.05) is 5.57 Å². The minimum Gasteiger partial charge on any atom is -0.292 e. The lowest BCUT2D eigenvalue weighted by Gasteiger charge is -2.09. The summed E-state index contributed by atoms with van der Waals surface area (Å²) in [5, 5.41) is 2.34. The van der Waals surface area contributed by atoms with Gasteiger partial charge in [0.15, 0.2) is 0 Å². The number of imide groups is 1. The summed E-state index contributed by atoms with van der Waals surface area (Å²) in [6.45, 7) is 2.07. The normalized spacial score (nSPS) is 18.2. The molecule has 2 rings (SSSR count). The Morgan fingerprint density at radius 1 is 1.24 bits per heavy atom. The third-order valence-electron chi connectivity index (χ3n) is 2.85. The van der Waals surface area contributed by atoms with Crippen molar-refractivity contribution in [1.29, 1.82) is 0 Å². The second-order valence-electron chi connectivity index (χ2n) is 4.13. The molecule has 0 bridgehead atoms. The quantitative estimate of drug-likeness (QED) is 0.638. The Morgan fingerprint density at radius 2 is 1.94 bits per heavy atom. The Bertz CT molecular complexity index is 474. The fraction of sp³-hybridized carbons (Fsp3) is 0.286. The van der Waals surface area contributed by atoms with Crippen molar-refractivity contribution in [1.82, 2.24) is 5.32 Å². The average Bonchev–Trinajstić information content (AvgIpc) is 2.66. The van der Waals surface area contributed by atoms with Gasteiger partial charge in [-0.3, -0.25) is 14.9 Å². The summed E-state index contributed by atoms with van der Waals surface area (Å²) in [4.78, 5) is 22.9. The third kappa shape index (κ3) is 2.44. The van der Waals surface area contributed by atoms with E-state index in [0.717, 1.165) is 24.0 Å². The summed E-state index contributed by atoms with van der Waals surface area (Å²) in [6.07, 6.45) is 1.98. The first kappa shape index (κ1) is 11.6. The first-order chi connectivity index (χ1) is 8.22. The van der Waals surface area contributed by atoms with Gasteiger partial charge in [0.1, 0.15) is 0 Å². The van der Waals surface area contributed by atoms with Crippen LogP contribution in [-0.4, -0.2) is 11.8 Å². The number of hydrogen-bond donors (Lipinski definition) is 1. The van der Waals surface area contributed by atoms with Crippen LogP contribution in [0.2, 0.25) is 0 Å². The van der Waals surface area contributed by atoms with Gasteiger partial charge in [-0.2, -0.15) is 0 Å². The van der Waals surface area contributed by atoms with Crippen LogP contribution in [0.5, 0.6) is 0 Å². The van der Waals surface area contributed by atoms with Gasteiger partial charge in [-0.1, -0.05) is 43.7 Å². The summed E-state index contributed by atoms with van der Waals surface area (Å²) in [5.41, 5.74) is 2.66. The van der Waals surface area contributed by atoms with E-state index in [1.165, 1.54) is 0 Å². The summed E-state index contributed by atoms with van der Waals surface area (Å²) < 4.78 is 0. The standard InChI is InChI=1S/C14H15NO2/c1-2-6-11(10-7-4-3-5-8-10)12-9-13(16)15-14(12)17/h3-5,7-8H,2,6,9H2,1H3,(H,15,16,17). The fourth-order valence-electron chi connectivity index (χ4n) is 2.09. The molecule has 88 valence electrons. The molecule has 1 fully saturated rings. The number of allylic oxidation sites excluding steroid dienone is 1. The maximum atomic E-state index is 11.7. The van der Waals surface area contributed by atoms with Crippen LogP contribution in [0.15, 0.2) is 35.9 Å². The van der Waals surface area contributed by atoms with Crippen molar-refractivity contribution >= 4 is 17.4 Å². The number of carbonyl (C=O) groups excluding carboxylic acids is 2. The molecule has 0 spiro atoms. The Balaban J connectivity index is 2.45. The summed E-state index contributed by atoms with van der Waals surface area (Å²) >= 11 is 0. The van der Waals surface area contributed by atoms with E-state index in [-0.39, 0.29) is 18.2 Å². The highest BCUT2D eigenvalue weighted by Crippen LogP contribution is 2.27. The van der Waals surface area contributed by atoms with Gasteiger partial charge in [0.25, 0.3) is 5.91 Å². The first-order valence-electron chi connectivity index (χ1n) is 5.84. The maximum Gasteiger partial charge on any atom is 0.254 e. The lowest BCUT2D eigenvalue weighted by molar-refractivity contribution is -0.124. The van der Waals surface area contributed by atoms with Gasteiger partial charge in [0.2, 0.25) is 5.91 Å². The fourth-order valence-corrected chi connectivity index (χ4v) is 2.09. The van der Waals surface area contributed by atoms with Crippen molar-refractivity contribution in [3.05, 3.63) is 41.5 Å². The maximum absolute atomic E-state index is 11.7. The lowest BCUT2D eigenvalue weighted by Crippen LogP contribution is -2.19. The van der Waals surface area contributed by atoms with Gasteiger partial charge in [-0.05, 0) is 17.6 Å². The number of carbonyl (C=O) groups is 2. The monoisotopic (exact) mass is 229 g/mol. The Kier molecular flexibility index (Phi) is 3.38. The smallest absolute Gasteiger partial charge is 0.254 e. The number of rotatable bonds is 3. The second kappa shape index (κ2) is 4.95. The number of amides is 2. The molecule has 0 radical (unpaired) electrons. The number of hydrogen-bond acceptors (Lipinski definition) is 2. The Morgan fingerprint density at radius 3 is 2.47 bits per heavy atom. The molecule has 0 aliphatic carbocycles. The molecular formula is C14H15NO2. The van der Waals surface area contributed by atoms with Crippen LogP contribution in [0.1, 0.15) is 31.7 Å². The van der Waals surface area contributed by atoms with E-state index >= 15 is 0 Å². The van der Waals surface area contributed by atoms with Gasteiger partial charge in [-0.25, -0.2) is 0 Å². The molecule has 17 heavy (non-hydrogen) atoms. The third-order valence-corrected chi connectivity index (χ3v) is 2.85. The van der Waals surface area contributed by atoms with Crippen LogP contribution in [-0.2, 0) is 9.59 Å². The highest BCUT2D eigenvalue weighted by Gasteiger charge is 2.27. The first-order valence-corrected chi connectivity index (χ1v) is 5.84. The zero-order chi connectivity index (χ0) is 12.3. The van der Waals surface area contributed by atoms with E-state index in [9.17, 15) is 9.59 Å². The highest BCUT2D eigenvalue weighted by atomic mass is 16.2. The minimum absolute atomic E-state index is 0.200. The summed E-state index contributed by atoms with van der Waals surface area (Å²) in [5.74, 6) is -0.433. The van der Waals surface area contributed by atoms with E-state index in [4.69, 9.17) is 0 Å². The molecule has 1 aliphatic rings. The lowest BCUT2D eigenvalue weighted by atomic mass is 9.95. The van der Waals surface area contributed by atoms with E-state index < -0.39 is 0 Å². The van der Waals surface area contributed by atoms with Crippen LogP contribution in [0.4, 0.5) is 0 Å². The molecule has 3 heteroatoms. The molecule has 0 atom stereocenters. The average molecular weight is 229 g/mol. The molecule has 0 aromatic heterocycles. The predicted molar refractivity (Wildman–Crippen MR) is 66.0 cm³/mol. The molecular weight excluding hydrogens is 214 g/mol. The molecule has 1 saturated heterocycles. The largest absolute Gasteiger partial charge is 0.292 e. The van der Waals surface area contributed by atoms with Crippen LogP contribution < -0.4 is 5.32 Å². The Labute approximate surface area is 101 Å². The SMILES string of the molecule is CCCC(=C1CC(=O)NC1=O)c1ccccc1. The highest BCUT2D eigenvalue weighted by molar-refractivity contribution is 6.17. The van der Waals surface area contributed by atoms with E-state index in [0.29, 0.717) is 5.57 Å². The van der Waals surface area contributed by atoms with Crippen molar-refractivity contribution in [2.24, 2.45) is 0 Å². The molecule has 2 amide bonds. The number of nitrogens with one attached hydrogen (secondary N) is 1. The zero-order valence-corrected chi connectivity index (χ0v) is 9.82. The van der Waals surface area contributed by atoms with Gasteiger partial charge in [-0.15, -0.1) is 0 Å². The van der Waals surface area contributed by atoms with E-state index in [2.05, 4.69) is 12.2 Å². The molecule has 1 aromatic carbocycles. The summed E-state index contributed by atoms with van der Waals surface area (Å²) in [6, 6.07) is 9.79. The van der Waals surface area contributed by atoms with Crippen LogP contribution in [0.3, 0.4) is 0 Å². The van der Waals surface area contributed by atoms with Crippen molar-refractivity contribution in [3.63, 3.8) is 0 Å². The number of benzene rings is 1. The van der Waals surface area contributed by atoms with Crippen molar-refractivity contribution in [2.75, 3.05) is 0 Å². The second-order valence-corrected chi connectivity index (χ2v) is 4.13. The molecule has 0 unspecified atom stereocenters. The van der Waals surface area contributed by atoms with Crippen molar-refractivity contribution in [2.45, 2.75) is 26.2 Å². The van der Waals surface area contributed by atoms with Crippen LogP contribution in [0.25, 0.3) is 5.57 Å². The molecule has 1 aromatic rings. The molecule has 1 N–H and O–H groups in total. The predicted octanol–water partition coefficient (Wildman–Crippen LogP) is 2.29. The molecule has 0 saturated carbocycles. The molecule has 1 aliphatic heterocycles. The van der Waals surface area contributed by atoms with Gasteiger partial charge < -0.3 is 0 Å². The summed E-state index contributed by atoms with van der Waals surface area (Å²) in [7, 11) is 0. The van der Waals surface area contributed by atoms with Crippen LogP contribution in [0, 0.1) is 0 Å². The van der Waals surface area contributed by atoms with E-state index in [1.807, 2.05) is 30.3 Å². The van der Waals surface area contributed by atoms with Gasteiger partial charge >= 0.3 is 0 Å². The van der Waals surface area contributed by atoms with E-state index in [1.54, 1.807) is 0 Å². The topological polar surface area (TPSA) is 46.2 Å². The molecule has 1 heterocycles.